The van der Waals surface area contributed by atoms with Gasteiger partial charge in [0.2, 0.25) is 0 Å². The quantitative estimate of drug-likeness (QED) is 0.794. The number of rotatable bonds is 4. The third-order valence-electron chi connectivity index (χ3n) is 6.70. The van der Waals surface area contributed by atoms with Crippen LogP contribution in [-0.2, 0) is 11.3 Å². The van der Waals surface area contributed by atoms with E-state index < -0.39 is 6.04 Å². The fourth-order valence-electron chi connectivity index (χ4n) is 5.10. The lowest BCUT2D eigenvalue weighted by Gasteiger charge is -2.44. The van der Waals surface area contributed by atoms with Crippen LogP contribution < -0.4 is 15.0 Å². The van der Waals surface area contributed by atoms with E-state index in [0.29, 0.717) is 0 Å². The summed E-state index contributed by atoms with van der Waals surface area (Å²) in [5, 5.41) is 3.56. The van der Waals surface area contributed by atoms with Crippen LogP contribution in [0.1, 0.15) is 17.5 Å². The zero-order chi connectivity index (χ0) is 22.4. The van der Waals surface area contributed by atoms with E-state index in [-0.39, 0.29) is 30.9 Å². The van der Waals surface area contributed by atoms with Crippen molar-refractivity contribution in [2.45, 2.75) is 38.4 Å². The van der Waals surface area contributed by atoms with Crippen molar-refractivity contribution in [2.24, 2.45) is 0 Å². The van der Waals surface area contributed by atoms with Crippen LogP contribution in [-0.4, -0.2) is 72.4 Å². The molecule has 1 N–H and O–H groups in total. The highest BCUT2D eigenvalue weighted by atomic mass is 16.5. The number of hydrogen-bond acceptors (Lipinski definition) is 6. The number of fused-ring (bicyclic) bond motifs is 3. The van der Waals surface area contributed by atoms with Crippen molar-refractivity contribution >= 4 is 17.6 Å². The standard InChI is InChI=1S/C24H29N5O3/c1-16-10-11-19(32-3)18(14-16)27-12-7-13-28-20-21(25-23(27)28)26(2)24(31)29(22(20)30)15-17-8-5-4-6-9-17/h4-6,8-11,14,20-21,23,25H,7,12-13,15H2,1-3H3. The zero-order valence-electron chi connectivity index (χ0n) is 18.7. The van der Waals surface area contributed by atoms with Gasteiger partial charge >= 0.3 is 6.03 Å². The van der Waals surface area contributed by atoms with Crippen LogP contribution in [0.2, 0.25) is 0 Å². The number of ether oxygens (including phenoxy) is 1. The molecule has 3 fully saturated rings. The van der Waals surface area contributed by atoms with E-state index in [4.69, 9.17) is 4.74 Å². The van der Waals surface area contributed by atoms with Gasteiger partial charge in [0.05, 0.1) is 19.3 Å². The second-order valence-electron chi connectivity index (χ2n) is 8.69. The van der Waals surface area contributed by atoms with Crippen molar-refractivity contribution in [1.82, 2.24) is 20.0 Å². The van der Waals surface area contributed by atoms with E-state index in [2.05, 4.69) is 28.1 Å². The summed E-state index contributed by atoms with van der Waals surface area (Å²) in [4.78, 5) is 34.2. The minimum Gasteiger partial charge on any atom is -0.495 e. The van der Waals surface area contributed by atoms with Crippen molar-refractivity contribution < 1.29 is 14.3 Å². The van der Waals surface area contributed by atoms with Gasteiger partial charge < -0.3 is 14.5 Å². The van der Waals surface area contributed by atoms with E-state index in [0.717, 1.165) is 42.1 Å². The number of carbonyl (C=O) groups is 2. The molecule has 0 saturated carbocycles. The Kier molecular flexibility index (Phi) is 5.27. The summed E-state index contributed by atoms with van der Waals surface area (Å²) in [6.07, 6.45) is 0.357. The van der Waals surface area contributed by atoms with Crippen LogP contribution >= 0.6 is 0 Å². The Balaban J connectivity index is 1.46. The molecule has 3 atom stereocenters. The van der Waals surface area contributed by atoms with Crippen LogP contribution in [0.3, 0.4) is 0 Å². The highest BCUT2D eigenvalue weighted by Gasteiger charge is 2.56. The van der Waals surface area contributed by atoms with Crippen molar-refractivity contribution in [2.75, 3.05) is 32.1 Å². The van der Waals surface area contributed by atoms with Gasteiger partial charge in [0, 0.05) is 20.1 Å². The monoisotopic (exact) mass is 435 g/mol. The molecule has 2 aromatic rings. The molecule has 0 bridgehead atoms. The molecule has 8 nitrogen and oxygen atoms in total. The van der Waals surface area contributed by atoms with E-state index in [1.165, 1.54) is 4.90 Å². The Bertz CT molecular complexity index is 1030. The summed E-state index contributed by atoms with van der Waals surface area (Å²) in [5.41, 5.74) is 3.08. The Morgan fingerprint density at radius 1 is 1.09 bits per heavy atom. The molecule has 3 aliphatic rings. The number of aryl methyl sites for hydroxylation is 1. The van der Waals surface area contributed by atoms with Gasteiger partial charge in [-0.3, -0.25) is 19.9 Å². The van der Waals surface area contributed by atoms with Crippen LogP contribution in [0.5, 0.6) is 5.75 Å². The number of benzene rings is 2. The molecule has 32 heavy (non-hydrogen) atoms. The van der Waals surface area contributed by atoms with Crippen molar-refractivity contribution in [3.63, 3.8) is 0 Å². The third kappa shape index (κ3) is 3.30. The van der Waals surface area contributed by atoms with E-state index >= 15 is 0 Å². The fourth-order valence-corrected chi connectivity index (χ4v) is 5.10. The molecule has 3 amide bonds. The number of likely N-dealkylation sites (N-methyl/N-ethyl adjacent to an activating group) is 1. The number of imide groups is 1. The maximum atomic E-state index is 13.6. The Hall–Kier alpha value is -3.10. The third-order valence-corrected chi connectivity index (χ3v) is 6.70. The molecule has 0 aromatic heterocycles. The summed E-state index contributed by atoms with van der Waals surface area (Å²) in [6.45, 7) is 3.97. The molecule has 3 saturated heterocycles. The maximum Gasteiger partial charge on any atom is 0.328 e. The van der Waals surface area contributed by atoms with E-state index in [1.54, 1.807) is 19.1 Å². The summed E-state index contributed by atoms with van der Waals surface area (Å²) in [6, 6.07) is 15.1. The van der Waals surface area contributed by atoms with E-state index in [9.17, 15) is 9.59 Å². The van der Waals surface area contributed by atoms with Crippen molar-refractivity contribution in [1.29, 1.82) is 0 Å². The minimum absolute atomic E-state index is 0.144. The normalized spacial score (nSPS) is 25.7. The van der Waals surface area contributed by atoms with Gasteiger partial charge in [-0.15, -0.1) is 0 Å². The van der Waals surface area contributed by atoms with Gasteiger partial charge in [-0.25, -0.2) is 4.79 Å². The predicted octanol–water partition coefficient (Wildman–Crippen LogP) is 2.19. The lowest BCUT2D eigenvalue weighted by Crippen LogP contribution is -2.66. The Labute approximate surface area is 188 Å². The van der Waals surface area contributed by atoms with E-state index in [1.807, 2.05) is 42.5 Å². The Morgan fingerprint density at radius 3 is 2.62 bits per heavy atom. The molecule has 3 heterocycles. The summed E-state index contributed by atoms with van der Waals surface area (Å²) in [5.74, 6) is 0.658. The Morgan fingerprint density at radius 2 is 1.88 bits per heavy atom. The number of amides is 3. The molecule has 2 aromatic carbocycles. The van der Waals surface area contributed by atoms with Gasteiger partial charge in [0.15, 0.2) is 0 Å². The van der Waals surface area contributed by atoms with Gasteiger partial charge in [0.1, 0.15) is 24.2 Å². The molecule has 0 spiro atoms. The number of nitrogens with one attached hydrogen (secondary N) is 1. The number of urea groups is 1. The molecule has 0 radical (unpaired) electrons. The molecule has 8 heteroatoms. The number of nitrogens with zero attached hydrogens (tertiary/aromatic N) is 4. The number of anilines is 1. The van der Waals surface area contributed by atoms with Crippen LogP contribution in [0.25, 0.3) is 0 Å². The lowest BCUT2D eigenvalue weighted by molar-refractivity contribution is -0.139. The van der Waals surface area contributed by atoms with Crippen LogP contribution in [0.4, 0.5) is 10.5 Å². The smallest absolute Gasteiger partial charge is 0.328 e. The lowest BCUT2D eigenvalue weighted by atomic mass is 10.1. The number of hydrogen-bond donors (Lipinski definition) is 1. The van der Waals surface area contributed by atoms with Gasteiger partial charge in [0.25, 0.3) is 5.91 Å². The molecule has 0 aliphatic carbocycles. The summed E-state index contributed by atoms with van der Waals surface area (Å²) in [7, 11) is 3.45. The van der Waals surface area contributed by atoms with Crippen molar-refractivity contribution in [3.8, 4) is 5.75 Å². The highest BCUT2D eigenvalue weighted by molar-refractivity contribution is 6.00. The van der Waals surface area contributed by atoms with Gasteiger partial charge in [-0.2, -0.15) is 0 Å². The second kappa shape index (κ2) is 8.11. The van der Waals surface area contributed by atoms with Crippen LogP contribution in [0, 0.1) is 6.92 Å². The molecular weight excluding hydrogens is 406 g/mol. The zero-order valence-corrected chi connectivity index (χ0v) is 18.7. The first-order chi connectivity index (χ1) is 15.5. The first kappa shape index (κ1) is 20.8. The molecular formula is C24H29N5O3. The first-order valence-corrected chi connectivity index (χ1v) is 11.0. The SMILES string of the molecule is COc1ccc(C)cc1N1CCCN2C3C(=O)N(Cc4ccccc4)C(=O)N(C)C3NC12. The first-order valence-electron chi connectivity index (χ1n) is 11.0. The number of methoxy groups -OCH3 is 1. The fraction of sp³-hybridized carbons (Fsp3) is 0.417. The summed E-state index contributed by atoms with van der Waals surface area (Å²) < 4.78 is 5.64. The molecule has 5 rings (SSSR count). The molecule has 3 aliphatic heterocycles. The molecule has 168 valence electrons. The maximum absolute atomic E-state index is 13.6. The highest BCUT2D eigenvalue weighted by Crippen LogP contribution is 2.37. The molecule has 3 unspecified atom stereocenters. The predicted molar refractivity (Wildman–Crippen MR) is 121 cm³/mol. The largest absolute Gasteiger partial charge is 0.495 e. The second-order valence-corrected chi connectivity index (χ2v) is 8.69. The van der Waals surface area contributed by atoms with Crippen LogP contribution in [0.15, 0.2) is 48.5 Å². The van der Waals surface area contributed by atoms with Gasteiger partial charge in [-0.1, -0.05) is 36.4 Å². The average Bonchev–Trinajstić information content (AvgIpc) is 3.21. The minimum atomic E-state index is -0.426. The number of carbonyl (C=O) groups excluding carboxylic acids is 2. The van der Waals surface area contributed by atoms with Gasteiger partial charge in [-0.05, 0) is 36.6 Å². The van der Waals surface area contributed by atoms with Crippen molar-refractivity contribution in [3.05, 3.63) is 59.7 Å². The summed E-state index contributed by atoms with van der Waals surface area (Å²) >= 11 is 0. The topological polar surface area (TPSA) is 68.4 Å². The average molecular weight is 436 g/mol.